The summed E-state index contributed by atoms with van der Waals surface area (Å²) in [5.41, 5.74) is 2.30. The van der Waals surface area contributed by atoms with Crippen LogP contribution in [0.25, 0.3) is 10.8 Å². The molecule has 8 nitrogen and oxygen atoms in total. The summed E-state index contributed by atoms with van der Waals surface area (Å²) in [7, 11) is 1.47. The number of carbonyl (C=O) groups is 1. The highest BCUT2D eigenvalue weighted by Gasteiger charge is 2.43. The van der Waals surface area contributed by atoms with Crippen molar-refractivity contribution >= 4 is 16.6 Å². The minimum atomic E-state index is -1.50. The minimum Gasteiger partial charge on any atom is -0.496 e. The van der Waals surface area contributed by atoms with Crippen molar-refractivity contribution in [1.29, 1.82) is 0 Å². The zero-order valence-electron chi connectivity index (χ0n) is 18.9. The fourth-order valence-corrected chi connectivity index (χ4v) is 4.89. The van der Waals surface area contributed by atoms with E-state index < -0.39 is 36.8 Å². The van der Waals surface area contributed by atoms with Gasteiger partial charge in [0.2, 0.25) is 6.29 Å². The van der Waals surface area contributed by atoms with E-state index in [1.165, 1.54) is 7.11 Å². The van der Waals surface area contributed by atoms with Crippen molar-refractivity contribution < 1.29 is 39.4 Å². The Bertz CT molecular complexity index is 1290. The Kier molecular flexibility index (Phi) is 5.58. The predicted molar refractivity (Wildman–Crippen MR) is 122 cm³/mol. The maximum Gasteiger partial charge on any atom is 0.229 e. The van der Waals surface area contributed by atoms with Crippen LogP contribution in [0.2, 0.25) is 0 Å². The third-order valence-electron chi connectivity index (χ3n) is 6.64. The second kappa shape index (κ2) is 8.33. The van der Waals surface area contributed by atoms with Crippen molar-refractivity contribution in [2.24, 2.45) is 0 Å². The second-order valence-electron chi connectivity index (χ2n) is 8.84. The summed E-state index contributed by atoms with van der Waals surface area (Å²) in [5.74, 6) is 0.389. The maximum atomic E-state index is 13.5. The zero-order valence-corrected chi connectivity index (χ0v) is 18.9. The molecule has 1 heterocycles. The molecule has 34 heavy (non-hydrogen) atoms. The molecule has 0 radical (unpaired) electrons. The molecule has 8 heteroatoms. The SMILES string of the molecule is COc1cccc2c1C(=O)c1ccc3cc(C)cc(O[C@@H]4O[C@@H](C)[C@H](O)[C@@H](O)[C@H]4O)c3c1C2O. The van der Waals surface area contributed by atoms with Gasteiger partial charge in [-0.1, -0.05) is 30.3 Å². The van der Waals surface area contributed by atoms with Gasteiger partial charge in [0.1, 0.15) is 35.9 Å². The first-order valence-corrected chi connectivity index (χ1v) is 11.1. The number of hydrogen-bond donors (Lipinski definition) is 4. The number of hydrogen-bond acceptors (Lipinski definition) is 8. The van der Waals surface area contributed by atoms with Crippen molar-refractivity contribution in [2.45, 2.75) is 50.7 Å². The number of aliphatic hydroxyl groups is 4. The van der Waals surface area contributed by atoms with E-state index in [1.54, 1.807) is 43.3 Å². The van der Waals surface area contributed by atoms with Gasteiger partial charge in [-0.25, -0.2) is 0 Å². The number of methoxy groups -OCH3 is 1. The smallest absolute Gasteiger partial charge is 0.229 e. The molecule has 1 unspecified atom stereocenters. The van der Waals surface area contributed by atoms with E-state index in [4.69, 9.17) is 14.2 Å². The number of benzene rings is 3. The molecule has 0 bridgehead atoms. The molecule has 178 valence electrons. The molecule has 5 rings (SSSR count). The zero-order chi connectivity index (χ0) is 24.3. The van der Waals surface area contributed by atoms with Crippen molar-refractivity contribution in [2.75, 3.05) is 7.11 Å². The minimum absolute atomic E-state index is 0.276. The predicted octanol–water partition coefficient (Wildman–Crippen LogP) is 1.99. The van der Waals surface area contributed by atoms with Crippen LogP contribution in [0.15, 0.2) is 42.5 Å². The lowest BCUT2D eigenvalue weighted by molar-refractivity contribution is -0.267. The van der Waals surface area contributed by atoms with E-state index in [0.717, 1.165) is 10.9 Å². The standard InChI is InChI=1S/C26H26O8/c1-11-9-13-7-8-15-20(23(29)14-5-4-6-16(32-3)19(14)22(15)28)18(13)17(10-11)34-26-25(31)24(30)21(27)12(2)33-26/h4-10,12,21,23-27,29-31H,1-3H3/t12-,21-,23?,24+,25+,26-/m0/s1. The summed E-state index contributed by atoms with van der Waals surface area (Å²) in [6.07, 6.45) is -7.39. The quantitative estimate of drug-likeness (QED) is 0.462. The molecule has 3 aromatic carbocycles. The van der Waals surface area contributed by atoms with Crippen LogP contribution in [-0.4, -0.2) is 64.0 Å². The Labute approximate surface area is 195 Å². The summed E-state index contributed by atoms with van der Waals surface area (Å²) in [4.78, 5) is 13.5. The van der Waals surface area contributed by atoms with Crippen LogP contribution >= 0.6 is 0 Å². The number of carbonyl (C=O) groups excluding carboxylic acids is 1. The second-order valence-corrected chi connectivity index (χ2v) is 8.84. The van der Waals surface area contributed by atoms with Crippen molar-refractivity contribution in [3.63, 3.8) is 0 Å². The van der Waals surface area contributed by atoms with Gasteiger partial charge < -0.3 is 34.6 Å². The van der Waals surface area contributed by atoms with Gasteiger partial charge >= 0.3 is 0 Å². The maximum absolute atomic E-state index is 13.5. The molecule has 6 atom stereocenters. The molecular weight excluding hydrogens is 440 g/mol. The van der Waals surface area contributed by atoms with E-state index >= 15 is 0 Å². The Morgan fingerprint density at radius 2 is 1.71 bits per heavy atom. The van der Waals surface area contributed by atoms with Gasteiger partial charge in [0, 0.05) is 16.5 Å². The molecule has 4 N–H and O–H groups in total. The van der Waals surface area contributed by atoms with Gasteiger partial charge in [0.05, 0.1) is 18.8 Å². The molecule has 3 aromatic rings. The van der Waals surface area contributed by atoms with Gasteiger partial charge in [-0.3, -0.25) is 4.79 Å². The van der Waals surface area contributed by atoms with Gasteiger partial charge in [0.15, 0.2) is 5.78 Å². The van der Waals surface area contributed by atoms with Crippen LogP contribution in [0.3, 0.4) is 0 Å². The normalized spacial score (nSPS) is 28.4. The summed E-state index contributed by atoms with van der Waals surface area (Å²) >= 11 is 0. The third kappa shape index (κ3) is 3.38. The summed E-state index contributed by atoms with van der Waals surface area (Å²) in [5, 5.41) is 43.3. The summed E-state index contributed by atoms with van der Waals surface area (Å²) in [6, 6.07) is 12.2. The third-order valence-corrected chi connectivity index (χ3v) is 6.64. The lowest BCUT2D eigenvalue weighted by atomic mass is 9.80. The van der Waals surface area contributed by atoms with Crippen LogP contribution in [0.5, 0.6) is 11.5 Å². The summed E-state index contributed by atoms with van der Waals surface area (Å²) in [6.45, 7) is 3.44. The molecule has 1 fully saturated rings. The molecular formula is C26H26O8. The lowest BCUT2D eigenvalue weighted by Crippen LogP contribution is -2.58. The van der Waals surface area contributed by atoms with E-state index in [1.807, 2.05) is 13.0 Å². The fraction of sp³-hybridized carbons (Fsp3) is 0.346. The molecule has 2 aliphatic rings. The van der Waals surface area contributed by atoms with Gasteiger partial charge in [-0.15, -0.1) is 0 Å². The summed E-state index contributed by atoms with van der Waals surface area (Å²) < 4.78 is 17.0. The first kappa shape index (κ1) is 22.8. The average Bonchev–Trinajstić information content (AvgIpc) is 2.83. The molecule has 1 saturated heterocycles. The van der Waals surface area contributed by atoms with E-state index in [-0.39, 0.29) is 11.5 Å². The molecule has 0 saturated carbocycles. The van der Waals surface area contributed by atoms with Crippen LogP contribution in [0.1, 0.15) is 45.6 Å². The highest BCUT2D eigenvalue weighted by atomic mass is 16.7. The lowest BCUT2D eigenvalue weighted by Gasteiger charge is -2.39. The van der Waals surface area contributed by atoms with Gasteiger partial charge in [-0.2, -0.15) is 0 Å². The Morgan fingerprint density at radius 3 is 2.44 bits per heavy atom. The first-order valence-electron chi connectivity index (χ1n) is 11.1. The number of ether oxygens (including phenoxy) is 3. The van der Waals surface area contributed by atoms with Crippen molar-refractivity contribution in [3.8, 4) is 11.5 Å². The molecule has 0 amide bonds. The highest BCUT2D eigenvalue weighted by Crippen LogP contribution is 2.45. The monoisotopic (exact) mass is 466 g/mol. The van der Waals surface area contributed by atoms with E-state index in [2.05, 4.69) is 0 Å². The highest BCUT2D eigenvalue weighted by molar-refractivity contribution is 6.17. The number of fused-ring (bicyclic) bond motifs is 4. The molecule has 0 aromatic heterocycles. The van der Waals surface area contributed by atoms with Crippen molar-refractivity contribution in [3.05, 3.63) is 70.3 Å². The van der Waals surface area contributed by atoms with Crippen LogP contribution in [-0.2, 0) is 4.74 Å². The average molecular weight is 466 g/mol. The first-order chi connectivity index (χ1) is 16.2. The fourth-order valence-electron chi connectivity index (χ4n) is 4.89. The van der Waals surface area contributed by atoms with E-state index in [9.17, 15) is 25.2 Å². The number of aliphatic hydroxyl groups excluding tert-OH is 4. The molecule has 1 aliphatic heterocycles. The van der Waals surface area contributed by atoms with Gasteiger partial charge in [-0.05, 0) is 42.5 Å². The van der Waals surface area contributed by atoms with Gasteiger partial charge in [0.25, 0.3) is 0 Å². The Morgan fingerprint density at radius 1 is 0.941 bits per heavy atom. The van der Waals surface area contributed by atoms with Crippen LogP contribution < -0.4 is 9.47 Å². The van der Waals surface area contributed by atoms with E-state index in [0.29, 0.717) is 33.4 Å². The number of ketones is 1. The Hall–Kier alpha value is -3.01. The molecule has 0 spiro atoms. The molecule has 1 aliphatic carbocycles. The van der Waals surface area contributed by atoms with Crippen molar-refractivity contribution in [1.82, 2.24) is 0 Å². The Balaban J connectivity index is 1.68. The largest absolute Gasteiger partial charge is 0.496 e. The topological polar surface area (TPSA) is 126 Å². The van der Waals surface area contributed by atoms with Crippen LogP contribution in [0.4, 0.5) is 0 Å². The number of aryl methyl sites for hydroxylation is 1. The van der Waals surface area contributed by atoms with Crippen LogP contribution in [0, 0.1) is 6.92 Å². The number of rotatable bonds is 3.